The van der Waals surface area contributed by atoms with Crippen molar-refractivity contribution >= 4 is 16.7 Å². The second-order valence-electron chi connectivity index (χ2n) is 5.78. The zero-order chi connectivity index (χ0) is 18.1. The Morgan fingerprint density at radius 3 is 2.42 bits per heavy atom. The van der Waals surface area contributed by atoms with Crippen LogP contribution in [-0.2, 0) is 0 Å². The summed E-state index contributed by atoms with van der Waals surface area (Å²) in [6.07, 6.45) is 1.52. The summed E-state index contributed by atoms with van der Waals surface area (Å²) in [5, 5.41) is 20.9. The largest absolute Gasteiger partial charge is 0.339 e. The molecule has 6 heteroatoms. The van der Waals surface area contributed by atoms with Crippen LogP contribution in [0.4, 0.5) is 5.69 Å². The number of nitro benzene ring substituents is 1. The summed E-state index contributed by atoms with van der Waals surface area (Å²) < 4.78 is 0. The van der Waals surface area contributed by atoms with Crippen LogP contribution >= 0.6 is 0 Å². The van der Waals surface area contributed by atoms with E-state index in [1.165, 1.54) is 18.3 Å². The predicted molar refractivity (Wildman–Crippen MR) is 98.3 cm³/mol. The molecule has 2 aromatic carbocycles. The van der Waals surface area contributed by atoms with Gasteiger partial charge in [-0.05, 0) is 29.3 Å². The van der Waals surface area contributed by atoms with Crippen molar-refractivity contribution < 1.29 is 4.92 Å². The summed E-state index contributed by atoms with van der Waals surface area (Å²) in [6.45, 7) is 0. The molecule has 0 bridgehead atoms. The van der Waals surface area contributed by atoms with Crippen LogP contribution in [0, 0.1) is 21.4 Å². The van der Waals surface area contributed by atoms with Gasteiger partial charge in [0.15, 0.2) is 0 Å². The molecule has 2 heterocycles. The van der Waals surface area contributed by atoms with Gasteiger partial charge in [-0.3, -0.25) is 10.1 Å². The number of hydrogen-bond donors (Lipinski definition) is 1. The van der Waals surface area contributed by atoms with E-state index in [9.17, 15) is 15.4 Å². The fourth-order valence-corrected chi connectivity index (χ4v) is 3.00. The number of hydrogen-bond acceptors (Lipinski definition) is 4. The molecule has 6 nitrogen and oxygen atoms in total. The third kappa shape index (κ3) is 2.58. The number of nitriles is 1. The van der Waals surface area contributed by atoms with E-state index in [0.29, 0.717) is 11.2 Å². The lowest BCUT2D eigenvalue weighted by atomic mass is 9.98. The van der Waals surface area contributed by atoms with Gasteiger partial charge in [-0.2, -0.15) is 5.26 Å². The van der Waals surface area contributed by atoms with E-state index in [2.05, 4.69) is 16.0 Å². The number of benzene rings is 2. The van der Waals surface area contributed by atoms with Crippen LogP contribution < -0.4 is 0 Å². The van der Waals surface area contributed by atoms with Gasteiger partial charge in [-0.1, -0.05) is 30.3 Å². The molecule has 0 atom stereocenters. The minimum absolute atomic E-state index is 0.0330. The van der Waals surface area contributed by atoms with Crippen molar-refractivity contribution in [2.24, 2.45) is 0 Å². The SMILES string of the molecule is N#Cc1cnc2[nH]c(-c3ccccc3)c(-c3ccc([N+](=O)[O-])cc3)c2c1. The highest BCUT2D eigenvalue weighted by Gasteiger charge is 2.17. The van der Waals surface area contributed by atoms with Gasteiger partial charge in [-0.15, -0.1) is 0 Å². The molecule has 1 N–H and O–H groups in total. The second kappa shape index (κ2) is 6.15. The summed E-state index contributed by atoms with van der Waals surface area (Å²) in [7, 11) is 0. The van der Waals surface area contributed by atoms with Crippen LogP contribution in [0.15, 0.2) is 66.9 Å². The Morgan fingerprint density at radius 2 is 1.77 bits per heavy atom. The summed E-state index contributed by atoms with van der Waals surface area (Å²) in [4.78, 5) is 18.2. The number of aromatic nitrogens is 2. The third-order valence-electron chi connectivity index (χ3n) is 4.21. The van der Waals surface area contributed by atoms with Crippen LogP contribution in [0.5, 0.6) is 0 Å². The molecule has 0 amide bonds. The Hall–Kier alpha value is -3.98. The summed E-state index contributed by atoms with van der Waals surface area (Å²) in [6, 6.07) is 20.0. The smallest absolute Gasteiger partial charge is 0.269 e. The Bertz CT molecular complexity index is 1160. The van der Waals surface area contributed by atoms with Crippen LogP contribution in [0.25, 0.3) is 33.4 Å². The first-order valence-electron chi connectivity index (χ1n) is 7.89. The number of nitro groups is 1. The molecule has 26 heavy (non-hydrogen) atoms. The van der Waals surface area contributed by atoms with Crippen LogP contribution in [0.2, 0.25) is 0 Å². The molecule has 0 aliphatic rings. The number of rotatable bonds is 3. The van der Waals surface area contributed by atoms with Gasteiger partial charge in [-0.25, -0.2) is 4.98 Å². The first kappa shape index (κ1) is 15.5. The number of aromatic amines is 1. The van der Waals surface area contributed by atoms with Gasteiger partial charge in [0.05, 0.1) is 16.2 Å². The summed E-state index contributed by atoms with van der Waals surface area (Å²) in [5.41, 5.74) is 4.67. The lowest BCUT2D eigenvalue weighted by molar-refractivity contribution is -0.384. The maximum Gasteiger partial charge on any atom is 0.269 e. The molecule has 0 aliphatic carbocycles. The van der Waals surface area contributed by atoms with Crippen molar-refractivity contribution in [2.75, 3.05) is 0 Å². The van der Waals surface area contributed by atoms with Gasteiger partial charge >= 0.3 is 0 Å². The molecule has 0 spiro atoms. The Morgan fingerprint density at radius 1 is 1.04 bits per heavy atom. The average Bonchev–Trinajstić information content (AvgIpc) is 3.07. The van der Waals surface area contributed by atoms with Crippen LogP contribution in [0.1, 0.15) is 5.56 Å². The third-order valence-corrected chi connectivity index (χ3v) is 4.21. The molecule has 2 aromatic heterocycles. The van der Waals surface area contributed by atoms with E-state index in [-0.39, 0.29) is 5.69 Å². The molecule has 0 fully saturated rings. The Kier molecular flexibility index (Phi) is 3.67. The molecule has 124 valence electrons. The fourth-order valence-electron chi connectivity index (χ4n) is 3.00. The molecule has 0 saturated heterocycles. The van der Waals surface area contributed by atoms with Gasteiger partial charge in [0.25, 0.3) is 5.69 Å². The molecule has 4 rings (SSSR count). The molecule has 4 aromatic rings. The highest BCUT2D eigenvalue weighted by molar-refractivity contribution is 6.02. The van der Waals surface area contributed by atoms with Gasteiger partial charge < -0.3 is 4.98 Å². The lowest BCUT2D eigenvalue weighted by Crippen LogP contribution is -1.88. The number of fused-ring (bicyclic) bond motifs is 1. The number of pyridine rings is 1. The summed E-state index contributed by atoms with van der Waals surface area (Å²) >= 11 is 0. The number of non-ortho nitro benzene ring substituents is 1. The van der Waals surface area contributed by atoms with Crippen molar-refractivity contribution in [3.05, 3.63) is 82.5 Å². The minimum atomic E-state index is -0.424. The van der Waals surface area contributed by atoms with E-state index in [1.807, 2.05) is 30.3 Å². The fraction of sp³-hybridized carbons (Fsp3) is 0. The van der Waals surface area contributed by atoms with Crippen molar-refractivity contribution in [2.45, 2.75) is 0 Å². The Labute approximate surface area is 148 Å². The topological polar surface area (TPSA) is 95.6 Å². The molecular weight excluding hydrogens is 328 g/mol. The van der Waals surface area contributed by atoms with Gasteiger partial charge in [0.1, 0.15) is 11.7 Å². The first-order chi connectivity index (χ1) is 12.7. The molecule has 0 aliphatic heterocycles. The minimum Gasteiger partial charge on any atom is -0.339 e. The van der Waals surface area contributed by atoms with Crippen molar-refractivity contribution in [3.63, 3.8) is 0 Å². The maximum atomic E-state index is 10.9. The standard InChI is InChI=1S/C20H12N4O2/c21-11-13-10-17-18(14-6-8-16(9-7-14)24(25)26)19(23-20(17)22-12-13)15-4-2-1-3-5-15/h1-10,12H,(H,22,23). The zero-order valence-corrected chi connectivity index (χ0v) is 13.5. The van der Waals surface area contributed by atoms with Crippen molar-refractivity contribution in [1.82, 2.24) is 9.97 Å². The first-order valence-corrected chi connectivity index (χ1v) is 7.89. The van der Waals surface area contributed by atoms with Gasteiger partial charge in [0, 0.05) is 29.3 Å². The monoisotopic (exact) mass is 340 g/mol. The maximum absolute atomic E-state index is 10.9. The van der Waals surface area contributed by atoms with E-state index in [1.54, 1.807) is 18.2 Å². The van der Waals surface area contributed by atoms with E-state index in [4.69, 9.17) is 0 Å². The normalized spacial score (nSPS) is 10.6. The molecular formula is C20H12N4O2. The number of nitrogens with one attached hydrogen (secondary N) is 1. The van der Waals surface area contributed by atoms with Crippen molar-refractivity contribution in [1.29, 1.82) is 5.26 Å². The predicted octanol–water partition coefficient (Wildman–Crippen LogP) is 4.68. The number of H-pyrrole nitrogens is 1. The van der Waals surface area contributed by atoms with E-state index in [0.717, 1.165) is 27.8 Å². The van der Waals surface area contributed by atoms with Crippen molar-refractivity contribution in [3.8, 4) is 28.5 Å². The number of nitrogens with zero attached hydrogens (tertiary/aromatic N) is 3. The summed E-state index contributed by atoms with van der Waals surface area (Å²) in [5.74, 6) is 0. The van der Waals surface area contributed by atoms with E-state index < -0.39 is 4.92 Å². The highest BCUT2D eigenvalue weighted by atomic mass is 16.6. The average molecular weight is 340 g/mol. The second-order valence-corrected chi connectivity index (χ2v) is 5.78. The quantitative estimate of drug-likeness (QED) is 0.433. The highest BCUT2D eigenvalue weighted by Crippen LogP contribution is 2.38. The van der Waals surface area contributed by atoms with Crippen LogP contribution in [0.3, 0.4) is 0 Å². The zero-order valence-electron chi connectivity index (χ0n) is 13.5. The van der Waals surface area contributed by atoms with Crippen LogP contribution in [-0.4, -0.2) is 14.9 Å². The molecule has 0 saturated carbocycles. The molecule has 0 radical (unpaired) electrons. The lowest BCUT2D eigenvalue weighted by Gasteiger charge is -2.05. The Balaban J connectivity index is 2.01. The van der Waals surface area contributed by atoms with Gasteiger partial charge in [0.2, 0.25) is 0 Å². The van der Waals surface area contributed by atoms with E-state index >= 15 is 0 Å². The molecule has 0 unspecified atom stereocenters.